The number of aromatic nitrogens is 2. The number of benzene rings is 1. The molecule has 1 heterocycles. The number of hydrogen-bond donors (Lipinski definition) is 2. The van der Waals surface area contributed by atoms with Gasteiger partial charge in [0.1, 0.15) is 5.69 Å². The Kier molecular flexibility index (Phi) is 5.42. The SMILES string of the molecule is Cc1[nH]nc(C(=O)N(CCN)CCc2ccccc2)c1[N+](=O)[O-]. The highest BCUT2D eigenvalue weighted by Crippen LogP contribution is 2.21. The van der Waals surface area contributed by atoms with Gasteiger partial charge in [-0.1, -0.05) is 30.3 Å². The summed E-state index contributed by atoms with van der Waals surface area (Å²) in [6, 6.07) is 9.69. The fraction of sp³-hybridized carbons (Fsp3) is 0.333. The number of nitro groups is 1. The lowest BCUT2D eigenvalue weighted by Crippen LogP contribution is -2.37. The molecule has 0 spiro atoms. The molecule has 0 fully saturated rings. The highest BCUT2D eigenvalue weighted by Gasteiger charge is 2.30. The minimum atomic E-state index is -0.593. The molecule has 0 aliphatic rings. The average Bonchev–Trinajstić information content (AvgIpc) is 2.93. The zero-order chi connectivity index (χ0) is 16.8. The van der Waals surface area contributed by atoms with E-state index in [2.05, 4.69) is 10.2 Å². The summed E-state index contributed by atoms with van der Waals surface area (Å²) in [5.74, 6) is -0.484. The fourth-order valence-electron chi connectivity index (χ4n) is 2.33. The van der Waals surface area contributed by atoms with Crippen molar-refractivity contribution in [3.05, 3.63) is 57.4 Å². The molecule has 8 nitrogen and oxygen atoms in total. The van der Waals surface area contributed by atoms with Crippen LogP contribution in [0.2, 0.25) is 0 Å². The summed E-state index contributed by atoms with van der Waals surface area (Å²) in [5.41, 5.74) is 6.45. The summed E-state index contributed by atoms with van der Waals surface area (Å²) in [6.45, 7) is 2.52. The van der Waals surface area contributed by atoms with Crippen molar-refractivity contribution in [1.82, 2.24) is 15.1 Å². The Morgan fingerprint density at radius 2 is 2.04 bits per heavy atom. The van der Waals surface area contributed by atoms with Crippen LogP contribution in [-0.4, -0.2) is 45.6 Å². The minimum Gasteiger partial charge on any atom is -0.335 e. The number of nitrogens with one attached hydrogen (secondary N) is 1. The van der Waals surface area contributed by atoms with Crippen LogP contribution in [-0.2, 0) is 6.42 Å². The second-order valence-corrected chi connectivity index (χ2v) is 5.12. The Bertz CT molecular complexity index is 684. The second kappa shape index (κ2) is 7.50. The van der Waals surface area contributed by atoms with Crippen molar-refractivity contribution in [3.8, 4) is 0 Å². The highest BCUT2D eigenvalue weighted by atomic mass is 16.6. The summed E-state index contributed by atoms with van der Waals surface area (Å²) >= 11 is 0. The summed E-state index contributed by atoms with van der Waals surface area (Å²) in [6.07, 6.45) is 0.643. The second-order valence-electron chi connectivity index (χ2n) is 5.12. The van der Waals surface area contributed by atoms with Gasteiger partial charge < -0.3 is 10.6 Å². The molecule has 0 aliphatic carbocycles. The number of rotatable bonds is 7. The van der Waals surface area contributed by atoms with Gasteiger partial charge in [0, 0.05) is 19.6 Å². The van der Waals surface area contributed by atoms with Crippen molar-refractivity contribution in [2.24, 2.45) is 5.73 Å². The normalized spacial score (nSPS) is 10.5. The first-order valence-corrected chi connectivity index (χ1v) is 7.27. The molecular weight excluding hydrogens is 298 g/mol. The van der Waals surface area contributed by atoms with E-state index in [0.717, 1.165) is 5.56 Å². The lowest BCUT2D eigenvalue weighted by atomic mass is 10.1. The van der Waals surface area contributed by atoms with E-state index in [1.54, 1.807) is 0 Å². The zero-order valence-corrected chi connectivity index (χ0v) is 12.9. The van der Waals surface area contributed by atoms with E-state index in [-0.39, 0.29) is 23.6 Å². The van der Waals surface area contributed by atoms with Crippen LogP contribution in [0.4, 0.5) is 5.69 Å². The Balaban J connectivity index is 2.17. The van der Waals surface area contributed by atoms with Gasteiger partial charge in [0.15, 0.2) is 0 Å². The monoisotopic (exact) mass is 317 g/mol. The molecule has 122 valence electrons. The zero-order valence-electron chi connectivity index (χ0n) is 12.9. The fourth-order valence-corrected chi connectivity index (χ4v) is 2.33. The van der Waals surface area contributed by atoms with Crippen LogP contribution in [0.3, 0.4) is 0 Å². The molecule has 2 rings (SSSR count). The van der Waals surface area contributed by atoms with E-state index in [4.69, 9.17) is 5.73 Å². The smallest absolute Gasteiger partial charge is 0.322 e. The molecular formula is C15H19N5O3. The first kappa shape index (κ1) is 16.6. The van der Waals surface area contributed by atoms with Crippen LogP contribution in [0.5, 0.6) is 0 Å². The van der Waals surface area contributed by atoms with E-state index in [0.29, 0.717) is 19.5 Å². The maximum absolute atomic E-state index is 12.6. The molecule has 0 aliphatic heterocycles. The molecule has 3 N–H and O–H groups in total. The van der Waals surface area contributed by atoms with Gasteiger partial charge in [0.2, 0.25) is 5.69 Å². The first-order chi connectivity index (χ1) is 11.0. The number of carbonyl (C=O) groups is 1. The molecule has 1 aromatic carbocycles. The van der Waals surface area contributed by atoms with Crippen molar-refractivity contribution in [2.45, 2.75) is 13.3 Å². The maximum atomic E-state index is 12.6. The number of hydrogen-bond acceptors (Lipinski definition) is 5. The third-order valence-corrected chi connectivity index (χ3v) is 3.50. The van der Waals surface area contributed by atoms with Crippen LogP contribution in [0.25, 0.3) is 0 Å². The van der Waals surface area contributed by atoms with Gasteiger partial charge in [-0.15, -0.1) is 0 Å². The third-order valence-electron chi connectivity index (χ3n) is 3.50. The van der Waals surface area contributed by atoms with Crippen LogP contribution in [0.15, 0.2) is 30.3 Å². The highest BCUT2D eigenvalue weighted by molar-refractivity contribution is 5.96. The van der Waals surface area contributed by atoms with Crippen molar-refractivity contribution >= 4 is 11.6 Å². The largest absolute Gasteiger partial charge is 0.335 e. The van der Waals surface area contributed by atoms with Crippen molar-refractivity contribution in [3.63, 3.8) is 0 Å². The van der Waals surface area contributed by atoms with E-state index < -0.39 is 10.8 Å². The average molecular weight is 317 g/mol. The van der Waals surface area contributed by atoms with E-state index in [9.17, 15) is 14.9 Å². The van der Waals surface area contributed by atoms with Crippen molar-refractivity contribution < 1.29 is 9.72 Å². The quantitative estimate of drug-likeness (QED) is 0.589. The van der Waals surface area contributed by atoms with Crippen molar-refractivity contribution in [1.29, 1.82) is 0 Å². The number of aromatic amines is 1. The summed E-state index contributed by atoms with van der Waals surface area (Å²) in [4.78, 5) is 24.6. The van der Waals surface area contributed by atoms with Crippen molar-refractivity contribution in [2.75, 3.05) is 19.6 Å². The number of carbonyl (C=O) groups excluding carboxylic acids is 1. The van der Waals surface area contributed by atoms with Crippen LogP contribution < -0.4 is 5.73 Å². The topological polar surface area (TPSA) is 118 Å². The lowest BCUT2D eigenvalue weighted by molar-refractivity contribution is -0.385. The number of nitrogens with zero attached hydrogens (tertiary/aromatic N) is 3. The van der Waals surface area contributed by atoms with Gasteiger partial charge in [-0.2, -0.15) is 5.10 Å². The van der Waals surface area contributed by atoms with Gasteiger partial charge in [0.05, 0.1) is 4.92 Å². The Hall–Kier alpha value is -2.74. The molecule has 0 saturated carbocycles. The Morgan fingerprint density at radius 3 is 2.65 bits per heavy atom. The van der Waals surface area contributed by atoms with Gasteiger partial charge in [-0.3, -0.25) is 20.0 Å². The van der Waals surface area contributed by atoms with Gasteiger partial charge in [-0.05, 0) is 18.9 Å². The van der Waals surface area contributed by atoms with Crippen LogP contribution in [0.1, 0.15) is 21.7 Å². The van der Waals surface area contributed by atoms with E-state index in [1.807, 2.05) is 30.3 Å². The molecule has 8 heteroatoms. The number of aryl methyl sites for hydroxylation is 1. The predicted octanol–water partition coefficient (Wildman–Crippen LogP) is 1.27. The molecule has 0 unspecified atom stereocenters. The lowest BCUT2D eigenvalue weighted by Gasteiger charge is -2.20. The molecule has 0 atom stereocenters. The molecule has 0 saturated heterocycles. The molecule has 23 heavy (non-hydrogen) atoms. The number of amides is 1. The molecule has 1 amide bonds. The first-order valence-electron chi connectivity index (χ1n) is 7.27. The predicted molar refractivity (Wildman–Crippen MR) is 85.1 cm³/mol. The Morgan fingerprint density at radius 1 is 1.35 bits per heavy atom. The van der Waals surface area contributed by atoms with Crippen LogP contribution in [0, 0.1) is 17.0 Å². The standard InChI is InChI=1S/C15H19N5O3/c1-11-14(20(22)23)13(18-17-11)15(21)19(10-8-16)9-7-12-5-3-2-4-6-12/h2-6H,7-10,16H2,1H3,(H,17,18). The van der Waals surface area contributed by atoms with E-state index in [1.165, 1.54) is 11.8 Å². The molecule has 0 radical (unpaired) electrons. The summed E-state index contributed by atoms with van der Waals surface area (Å²) in [5, 5.41) is 17.4. The maximum Gasteiger partial charge on any atom is 0.322 e. The molecule has 0 bridgehead atoms. The molecule has 2 aromatic rings. The minimum absolute atomic E-state index is 0.172. The van der Waals surface area contributed by atoms with E-state index >= 15 is 0 Å². The summed E-state index contributed by atoms with van der Waals surface area (Å²) < 4.78 is 0. The van der Waals surface area contributed by atoms with Gasteiger partial charge in [-0.25, -0.2) is 0 Å². The van der Waals surface area contributed by atoms with Gasteiger partial charge >= 0.3 is 5.69 Å². The van der Waals surface area contributed by atoms with Crippen LogP contribution >= 0.6 is 0 Å². The number of H-pyrrole nitrogens is 1. The van der Waals surface area contributed by atoms with Gasteiger partial charge in [0.25, 0.3) is 5.91 Å². The third kappa shape index (κ3) is 3.92. The molecule has 1 aromatic heterocycles. The summed E-state index contributed by atoms with van der Waals surface area (Å²) in [7, 11) is 0. The number of nitrogens with two attached hydrogens (primary N) is 1. The Labute approximate surface area is 133 Å².